The van der Waals surface area contributed by atoms with Gasteiger partial charge in [0.1, 0.15) is 0 Å². The van der Waals surface area contributed by atoms with Crippen molar-refractivity contribution in [3.8, 4) is 0 Å². The lowest BCUT2D eigenvalue weighted by Crippen LogP contribution is -2.37. The van der Waals surface area contributed by atoms with Crippen LogP contribution in [0.4, 0.5) is 8.78 Å². The molecule has 0 bridgehead atoms. The standard InChI is InChI=1S/C10H11F2N.ClH/c1-7-3-2-4-8-5-13-6-10(11,12)9(7)8;/h2-4,13H,5-6H2,1H3;1H. The Morgan fingerprint density at radius 1 is 1.36 bits per heavy atom. The first-order chi connectivity index (χ1) is 6.11. The zero-order chi connectivity index (χ0) is 9.47. The van der Waals surface area contributed by atoms with Crippen molar-refractivity contribution in [3.63, 3.8) is 0 Å². The molecule has 0 atom stereocenters. The minimum Gasteiger partial charge on any atom is -0.307 e. The lowest BCUT2D eigenvalue weighted by atomic mass is 9.93. The van der Waals surface area contributed by atoms with Gasteiger partial charge in [-0.3, -0.25) is 0 Å². The van der Waals surface area contributed by atoms with Crippen LogP contribution in [-0.4, -0.2) is 6.54 Å². The summed E-state index contributed by atoms with van der Waals surface area (Å²) in [7, 11) is 0. The Kier molecular flexibility index (Phi) is 3.12. The number of rotatable bonds is 0. The first-order valence-corrected chi connectivity index (χ1v) is 4.29. The van der Waals surface area contributed by atoms with Crippen LogP contribution in [0.25, 0.3) is 0 Å². The van der Waals surface area contributed by atoms with E-state index in [1.165, 1.54) is 0 Å². The molecule has 14 heavy (non-hydrogen) atoms. The van der Waals surface area contributed by atoms with Crippen molar-refractivity contribution in [2.75, 3.05) is 6.54 Å². The highest BCUT2D eigenvalue weighted by Gasteiger charge is 2.37. The lowest BCUT2D eigenvalue weighted by molar-refractivity contribution is -0.0114. The first kappa shape index (κ1) is 11.4. The highest BCUT2D eigenvalue weighted by atomic mass is 35.5. The van der Waals surface area contributed by atoms with E-state index in [0.717, 1.165) is 5.56 Å². The third-order valence-corrected chi connectivity index (χ3v) is 2.39. The summed E-state index contributed by atoms with van der Waals surface area (Å²) in [5.41, 5.74) is 1.62. The Bertz CT molecular complexity index is 339. The van der Waals surface area contributed by atoms with Gasteiger partial charge in [-0.15, -0.1) is 12.4 Å². The van der Waals surface area contributed by atoms with Crippen molar-refractivity contribution < 1.29 is 8.78 Å². The molecule has 0 saturated carbocycles. The zero-order valence-electron chi connectivity index (χ0n) is 7.81. The molecule has 1 nitrogen and oxygen atoms in total. The Morgan fingerprint density at radius 2 is 2.07 bits per heavy atom. The van der Waals surface area contributed by atoms with E-state index in [0.29, 0.717) is 12.1 Å². The number of fused-ring (bicyclic) bond motifs is 1. The number of benzene rings is 1. The molecule has 0 radical (unpaired) electrons. The molecule has 1 aliphatic heterocycles. The van der Waals surface area contributed by atoms with Gasteiger partial charge in [-0.05, 0) is 18.1 Å². The van der Waals surface area contributed by atoms with Crippen LogP contribution in [0, 0.1) is 6.92 Å². The predicted molar refractivity (Wildman–Crippen MR) is 54.0 cm³/mol. The Morgan fingerprint density at radius 3 is 2.71 bits per heavy atom. The number of hydrogen-bond acceptors (Lipinski definition) is 1. The van der Waals surface area contributed by atoms with E-state index < -0.39 is 5.92 Å². The second kappa shape index (κ2) is 3.83. The molecule has 1 aliphatic rings. The molecule has 0 fully saturated rings. The largest absolute Gasteiger partial charge is 0.307 e. The fourth-order valence-corrected chi connectivity index (χ4v) is 1.84. The quantitative estimate of drug-likeness (QED) is 0.707. The minimum absolute atomic E-state index is 0. The summed E-state index contributed by atoms with van der Waals surface area (Å²) in [5, 5.41) is 2.71. The number of nitrogens with one attached hydrogen (secondary N) is 1. The SMILES string of the molecule is Cc1cccc2c1C(F)(F)CNC2.Cl. The molecule has 0 unspecified atom stereocenters. The summed E-state index contributed by atoms with van der Waals surface area (Å²) in [6.45, 7) is 2.04. The highest BCUT2D eigenvalue weighted by molar-refractivity contribution is 5.85. The third-order valence-electron chi connectivity index (χ3n) is 2.39. The van der Waals surface area contributed by atoms with Crippen LogP contribution in [0.3, 0.4) is 0 Å². The number of alkyl halides is 2. The molecule has 0 aromatic heterocycles. The molecule has 0 saturated heterocycles. The average Bonchev–Trinajstić information content (AvgIpc) is 2.02. The topological polar surface area (TPSA) is 12.0 Å². The summed E-state index contributed by atoms with van der Waals surface area (Å²) in [6.07, 6.45) is 0. The maximum Gasteiger partial charge on any atom is 0.285 e. The van der Waals surface area contributed by atoms with Gasteiger partial charge in [0.05, 0.1) is 6.54 Å². The molecule has 1 aromatic carbocycles. The summed E-state index contributed by atoms with van der Waals surface area (Å²) >= 11 is 0. The normalized spacial score (nSPS) is 18.2. The van der Waals surface area contributed by atoms with Gasteiger partial charge in [0.15, 0.2) is 0 Å². The molecule has 4 heteroatoms. The van der Waals surface area contributed by atoms with Crippen LogP contribution in [-0.2, 0) is 12.5 Å². The van der Waals surface area contributed by atoms with Crippen LogP contribution in [0.15, 0.2) is 18.2 Å². The smallest absolute Gasteiger partial charge is 0.285 e. The molecule has 1 aromatic rings. The predicted octanol–water partition coefficient (Wildman–Crippen LogP) is 2.61. The number of hydrogen-bond donors (Lipinski definition) is 1. The van der Waals surface area contributed by atoms with E-state index in [4.69, 9.17) is 0 Å². The summed E-state index contributed by atoms with van der Waals surface area (Å²) in [5.74, 6) is -2.71. The van der Waals surface area contributed by atoms with E-state index in [9.17, 15) is 8.78 Å². The molecule has 0 amide bonds. The maximum atomic E-state index is 13.4. The average molecular weight is 220 g/mol. The third kappa shape index (κ3) is 1.74. The summed E-state index contributed by atoms with van der Waals surface area (Å²) in [4.78, 5) is 0. The van der Waals surface area contributed by atoms with Gasteiger partial charge < -0.3 is 5.32 Å². The van der Waals surface area contributed by atoms with Gasteiger partial charge >= 0.3 is 0 Å². The lowest BCUT2D eigenvalue weighted by Gasteiger charge is -2.27. The van der Waals surface area contributed by atoms with Gasteiger partial charge in [0, 0.05) is 12.1 Å². The van der Waals surface area contributed by atoms with Gasteiger partial charge in [-0.1, -0.05) is 18.2 Å². The van der Waals surface area contributed by atoms with Gasteiger partial charge in [0.25, 0.3) is 5.92 Å². The second-order valence-electron chi connectivity index (χ2n) is 3.42. The van der Waals surface area contributed by atoms with Crippen molar-refractivity contribution in [2.24, 2.45) is 0 Å². The van der Waals surface area contributed by atoms with Crippen molar-refractivity contribution in [1.29, 1.82) is 0 Å². The first-order valence-electron chi connectivity index (χ1n) is 4.29. The minimum atomic E-state index is -2.71. The summed E-state index contributed by atoms with van der Waals surface area (Å²) in [6, 6.07) is 5.30. The van der Waals surface area contributed by atoms with Gasteiger partial charge in [-0.25, -0.2) is 0 Å². The van der Waals surface area contributed by atoms with Crippen LogP contribution in [0.1, 0.15) is 16.7 Å². The molecule has 78 valence electrons. The molecular weight excluding hydrogens is 208 g/mol. The van der Waals surface area contributed by atoms with E-state index >= 15 is 0 Å². The van der Waals surface area contributed by atoms with Crippen LogP contribution < -0.4 is 5.32 Å². The molecule has 2 rings (SSSR count). The Balaban J connectivity index is 0.000000980. The van der Waals surface area contributed by atoms with E-state index in [1.54, 1.807) is 19.1 Å². The van der Waals surface area contributed by atoms with E-state index in [1.807, 2.05) is 6.07 Å². The fraction of sp³-hybridized carbons (Fsp3) is 0.400. The van der Waals surface area contributed by atoms with Gasteiger partial charge in [0.2, 0.25) is 0 Å². The van der Waals surface area contributed by atoms with Crippen molar-refractivity contribution in [3.05, 3.63) is 34.9 Å². The van der Waals surface area contributed by atoms with E-state index in [2.05, 4.69) is 5.32 Å². The van der Waals surface area contributed by atoms with E-state index in [-0.39, 0.29) is 24.5 Å². The van der Waals surface area contributed by atoms with Crippen molar-refractivity contribution in [2.45, 2.75) is 19.4 Å². The Hall–Kier alpha value is -0.670. The highest BCUT2D eigenvalue weighted by Crippen LogP contribution is 2.35. The monoisotopic (exact) mass is 219 g/mol. The number of aryl methyl sites for hydroxylation is 1. The van der Waals surface area contributed by atoms with Crippen LogP contribution in [0.5, 0.6) is 0 Å². The molecule has 1 heterocycles. The second-order valence-corrected chi connectivity index (χ2v) is 3.42. The maximum absolute atomic E-state index is 13.4. The van der Waals surface area contributed by atoms with Crippen molar-refractivity contribution in [1.82, 2.24) is 5.32 Å². The zero-order valence-corrected chi connectivity index (χ0v) is 8.63. The summed E-state index contributed by atoms with van der Waals surface area (Å²) < 4.78 is 26.8. The molecule has 0 spiro atoms. The van der Waals surface area contributed by atoms with Gasteiger partial charge in [-0.2, -0.15) is 8.78 Å². The fourth-order valence-electron chi connectivity index (χ4n) is 1.84. The Labute approximate surface area is 87.9 Å². The number of halogens is 3. The molecular formula is C10H12ClF2N. The molecule has 1 N–H and O–H groups in total. The van der Waals surface area contributed by atoms with Crippen LogP contribution in [0.2, 0.25) is 0 Å². The molecule has 0 aliphatic carbocycles. The van der Waals surface area contributed by atoms with Crippen LogP contribution >= 0.6 is 12.4 Å². The van der Waals surface area contributed by atoms with Crippen molar-refractivity contribution >= 4 is 12.4 Å².